The second kappa shape index (κ2) is 47.4. The molecule has 9 nitrogen and oxygen atoms in total. The Balaban J connectivity index is 0.000000506. The van der Waals surface area contributed by atoms with Gasteiger partial charge in [0.25, 0.3) is 11.4 Å². The predicted molar refractivity (Wildman–Crippen MR) is 289 cm³/mol. The minimum atomic E-state index is -0.357. The van der Waals surface area contributed by atoms with E-state index < -0.39 is 0 Å². The monoisotopic (exact) mass is 930 g/mol. The quantitative estimate of drug-likeness (QED) is 0.0294. The summed E-state index contributed by atoms with van der Waals surface area (Å²) in [5, 5.41) is 31.7. The molecule has 0 spiro atoms. The van der Waals surface area contributed by atoms with Gasteiger partial charge in [0.1, 0.15) is 0 Å². The lowest BCUT2D eigenvalue weighted by Crippen LogP contribution is -2.17. The summed E-state index contributed by atoms with van der Waals surface area (Å²) in [4.78, 5) is 20.4. The molecule has 3 aromatic rings. The minimum absolute atomic E-state index is 0.166. The molecule has 0 aliphatic heterocycles. The van der Waals surface area contributed by atoms with Crippen molar-refractivity contribution in [2.75, 3.05) is 39.3 Å². The maximum atomic E-state index is 10.6. The summed E-state index contributed by atoms with van der Waals surface area (Å²) in [6.45, 7) is 13.4. The molecule has 0 aliphatic rings. The second-order valence-electron chi connectivity index (χ2n) is 18.7. The van der Waals surface area contributed by atoms with Gasteiger partial charge in [-0.2, -0.15) is 0 Å². The summed E-state index contributed by atoms with van der Waals surface area (Å²) in [7, 11) is 0. The van der Waals surface area contributed by atoms with E-state index in [1.54, 1.807) is 24.3 Å². The van der Waals surface area contributed by atoms with E-state index in [1.807, 2.05) is 24.3 Å². The highest BCUT2D eigenvalue weighted by Crippen LogP contribution is 2.15. The van der Waals surface area contributed by atoms with Crippen molar-refractivity contribution in [3.8, 4) is 0 Å². The molecular formula is C58H99N5O4. The van der Waals surface area contributed by atoms with Crippen molar-refractivity contribution in [1.29, 1.82) is 0 Å². The van der Waals surface area contributed by atoms with Gasteiger partial charge in [0.15, 0.2) is 0 Å². The predicted octanol–water partition coefficient (Wildman–Crippen LogP) is 16.3. The van der Waals surface area contributed by atoms with E-state index in [2.05, 4.69) is 67.1 Å². The van der Waals surface area contributed by atoms with Crippen molar-refractivity contribution in [2.24, 2.45) is 0 Å². The van der Waals surface area contributed by atoms with E-state index in [-0.39, 0.29) is 21.2 Å². The lowest BCUT2D eigenvalue weighted by Gasteiger charge is -2.05. The molecule has 3 rings (SSSR count). The van der Waals surface area contributed by atoms with Crippen molar-refractivity contribution in [1.82, 2.24) is 16.0 Å². The van der Waals surface area contributed by atoms with Crippen LogP contribution in [0.3, 0.4) is 0 Å². The van der Waals surface area contributed by atoms with Crippen LogP contribution in [0.1, 0.15) is 217 Å². The van der Waals surface area contributed by atoms with Gasteiger partial charge in [-0.25, -0.2) is 0 Å². The number of hydrogen-bond acceptors (Lipinski definition) is 7. The summed E-state index contributed by atoms with van der Waals surface area (Å²) in [5.74, 6) is 0. The van der Waals surface area contributed by atoms with Crippen molar-refractivity contribution in [2.45, 2.75) is 220 Å². The van der Waals surface area contributed by atoms with E-state index >= 15 is 0 Å². The van der Waals surface area contributed by atoms with Gasteiger partial charge >= 0.3 is 0 Å². The number of benzene rings is 3. The number of aryl methyl sites for hydroxylation is 3. The van der Waals surface area contributed by atoms with Crippen LogP contribution in [0.2, 0.25) is 0 Å². The molecule has 0 aromatic heterocycles. The molecule has 0 fully saturated rings. The average molecular weight is 930 g/mol. The van der Waals surface area contributed by atoms with E-state index in [9.17, 15) is 20.2 Å². The molecule has 9 heteroatoms. The Morgan fingerprint density at radius 3 is 0.821 bits per heavy atom. The van der Waals surface area contributed by atoms with E-state index in [0.29, 0.717) is 0 Å². The SMILES string of the molecule is CCCCCCCCCCCCNCCCc1ccc([N+](=O)[O-])cc1.CCCCCCCCCCCCNCCCc1ccccc1.CCCCCCCNCCCc1ccc([N+](=O)[O-])cc1. The molecule has 380 valence electrons. The molecule has 0 saturated heterocycles. The van der Waals surface area contributed by atoms with Gasteiger partial charge in [-0.3, -0.25) is 20.2 Å². The standard InChI is InChI=1S/C21H36N2O2.C21H37N.C16H26N2O2/c1-2-3-4-5-6-7-8-9-10-11-18-22-19-12-13-20-14-16-21(17-15-20)23(24)25;1-2-3-4-5-6-7-8-9-10-14-19-22-20-15-18-21-16-12-11-13-17-21;1-2-3-4-5-6-13-17-14-7-8-15-9-11-16(12-10-15)18(19)20/h14-17,22H,2-13,18-19H2,1H3;11-13,16-17,22H,2-10,14-15,18-20H2,1H3;9-12,17H,2-8,13-14H2,1H3. The van der Waals surface area contributed by atoms with Crippen LogP contribution in [-0.4, -0.2) is 49.1 Å². The normalized spacial score (nSPS) is 10.9. The zero-order valence-electron chi connectivity index (χ0n) is 43.2. The summed E-state index contributed by atoms with van der Waals surface area (Å²) >= 11 is 0. The Morgan fingerprint density at radius 2 is 0.552 bits per heavy atom. The van der Waals surface area contributed by atoms with Crippen LogP contribution in [0.25, 0.3) is 0 Å². The van der Waals surface area contributed by atoms with Crippen LogP contribution in [0.5, 0.6) is 0 Å². The van der Waals surface area contributed by atoms with Crippen LogP contribution in [-0.2, 0) is 19.3 Å². The van der Waals surface area contributed by atoms with Crippen molar-refractivity contribution in [3.05, 3.63) is 116 Å². The molecule has 3 N–H and O–H groups in total. The molecule has 0 bridgehead atoms. The van der Waals surface area contributed by atoms with Gasteiger partial charge in [0.2, 0.25) is 0 Å². The lowest BCUT2D eigenvalue weighted by molar-refractivity contribution is -0.385. The first kappa shape index (κ1) is 61.4. The van der Waals surface area contributed by atoms with Crippen LogP contribution < -0.4 is 16.0 Å². The third-order valence-electron chi connectivity index (χ3n) is 12.5. The summed E-state index contributed by atoms with van der Waals surface area (Å²) in [6, 6.07) is 24.6. The van der Waals surface area contributed by atoms with Crippen LogP contribution in [0, 0.1) is 20.2 Å². The molecular weight excluding hydrogens is 831 g/mol. The first-order valence-corrected chi connectivity index (χ1v) is 27.5. The zero-order valence-corrected chi connectivity index (χ0v) is 43.2. The van der Waals surface area contributed by atoms with Crippen molar-refractivity contribution < 1.29 is 9.85 Å². The summed E-state index contributed by atoms with van der Waals surface area (Å²) in [6.07, 6.45) is 41.1. The highest BCUT2D eigenvalue weighted by molar-refractivity contribution is 5.33. The molecule has 3 aromatic carbocycles. The van der Waals surface area contributed by atoms with Crippen molar-refractivity contribution in [3.63, 3.8) is 0 Å². The van der Waals surface area contributed by atoms with Gasteiger partial charge in [-0.1, -0.05) is 217 Å². The maximum absolute atomic E-state index is 10.6. The molecule has 0 saturated carbocycles. The number of rotatable bonds is 42. The molecule has 0 unspecified atom stereocenters. The Morgan fingerprint density at radius 1 is 0.313 bits per heavy atom. The fourth-order valence-corrected chi connectivity index (χ4v) is 8.17. The third-order valence-corrected chi connectivity index (χ3v) is 12.5. The fraction of sp³-hybridized carbons (Fsp3) is 0.690. The molecule has 0 heterocycles. The number of unbranched alkanes of at least 4 members (excludes halogenated alkanes) is 22. The zero-order chi connectivity index (χ0) is 48.5. The van der Waals surface area contributed by atoms with E-state index in [4.69, 9.17) is 0 Å². The number of nitrogens with one attached hydrogen (secondary N) is 3. The molecule has 0 aliphatic carbocycles. The Hall–Kier alpha value is -3.66. The van der Waals surface area contributed by atoms with Crippen LogP contribution >= 0.6 is 0 Å². The minimum Gasteiger partial charge on any atom is -0.317 e. The summed E-state index contributed by atoms with van der Waals surface area (Å²) < 4.78 is 0. The molecule has 0 amide bonds. The van der Waals surface area contributed by atoms with Gasteiger partial charge in [-0.05, 0) is 114 Å². The number of nitro benzene ring substituents is 2. The average Bonchev–Trinajstić information content (AvgIpc) is 3.34. The topological polar surface area (TPSA) is 122 Å². The van der Waals surface area contributed by atoms with Gasteiger partial charge in [-0.15, -0.1) is 0 Å². The van der Waals surface area contributed by atoms with Crippen LogP contribution in [0.15, 0.2) is 78.9 Å². The van der Waals surface area contributed by atoms with Gasteiger partial charge < -0.3 is 16.0 Å². The number of non-ortho nitro benzene ring substituents is 2. The highest BCUT2D eigenvalue weighted by Gasteiger charge is 2.05. The number of nitrogens with zero attached hydrogens (tertiary/aromatic N) is 2. The van der Waals surface area contributed by atoms with E-state index in [0.717, 1.165) is 58.4 Å². The molecule has 0 atom stereocenters. The second-order valence-corrected chi connectivity index (χ2v) is 18.7. The fourth-order valence-electron chi connectivity index (χ4n) is 8.17. The summed E-state index contributed by atoms with van der Waals surface area (Å²) in [5.41, 5.74) is 4.14. The highest BCUT2D eigenvalue weighted by atomic mass is 16.6. The Labute approximate surface area is 410 Å². The Kier molecular flexibility index (Phi) is 43.4. The number of nitro groups is 2. The Bertz CT molecular complexity index is 1510. The van der Waals surface area contributed by atoms with Crippen LogP contribution in [0.4, 0.5) is 11.4 Å². The first-order valence-electron chi connectivity index (χ1n) is 27.5. The third kappa shape index (κ3) is 40.0. The van der Waals surface area contributed by atoms with Crippen molar-refractivity contribution >= 4 is 11.4 Å². The van der Waals surface area contributed by atoms with E-state index in [1.165, 1.54) is 197 Å². The van der Waals surface area contributed by atoms with Gasteiger partial charge in [0.05, 0.1) is 9.85 Å². The molecule has 67 heavy (non-hydrogen) atoms. The molecule has 0 radical (unpaired) electrons. The first-order chi connectivity index (χ1) is 32.9. The number of hydrogen-bond donors (Lipinski definition) is 3. The largest absolute Gasteiger partial charge is 0.317 e. The lowest BCUT2D eigenvalue weighted by atomic mass is 10.1. The maximum Gasteiger partial charge on any atom is 0.269 e. The van der Waals surface area contributed by atoms with Gasteiger partial charge in [0, 0.05) is 24.3 Å². The smallest absolute Gasteiger partial charge is 0.269 e.